The van der Waals surface area contributed by atoms with E-state index in [4.69, 9.17) is 4.84 Å². The molecule has 0 saturated carbocycles. The van der Waals surface area contributed by atoms with Crippen molar-refractivity contribution in [3.8, 4) is 0 Å². The summed E-state index contributed by atoms with van der Waals surface area (Å²) in [7, 11) is 8.07. The van der Waals surface area contributed by atoms with Gasteiger partial charge in [-0.1, -0.05) is 0 Å². The van der Waals surface area contributed by atoms with Gasteiger partial charge in [0.25, 0.3) is 0 Å². The fourth-order valence-corrected chi connectivity index (χ4v) is 0.360. The zero-order valence-electron chi connectivity index (χ0n) is 7.01. The Kier molecular flexibility index (Phi) is 3.11. The molecule has 3 nitrogen and oxygen atoms in total. The predicted molar refractivity (Wildman–Crippen MR) is 37.4 cm³/mol. The first-order valence-electron chi connectivity index (χ1n) is 3.17. The second kappa shape index (κ2) is 3.15. The lowest BCUT2D eigenvalue weighted by Gasteiger charge is -2.31. The van der Waals surface area contributed by atoms with Crippen LogP contribution in [0.3, 0.4) is 0 Å². The van der Waals surface area contributed by atoms with Crippen molar-refractivity contribution < 1.29 is 9.43 Å². The first-order chi connectivity index (χ1) is 3.98. The summed E-state index contributed by atoms with van der Waals surface area (Å²) in [6.45, 7) is 2.71. The smallest absolute Gasteiger partial charge is 0.0875 e. The van der Waals surface area contributed by atoms with Gasteiger partial charge in [0.1, 0.15) is 0 Å². The second-order valence-electron chi connectivity index (χ2n) is 2.82. The van der Waals surface area contributed by atoms with Crippen molar-refractivity contribution >= 4 is 0 Å². The van der Waals surface area contributed by atoms with E-state index in [1.165, 1.54) is 0 Å². The van der Waals surface area contributed by atoms with Crippen molar-refractivity contribution in [1.82, 2.24) is 5.17 Å². The van der Waals surface area contributed by atoms with Crippen molar-refractivity contribution in [3.63, 3.8) is 0 Å². The first-order valence-corrected chi connectivity index (χ1v) is 3.17. The van der Waals surface area contributed by atoms with Crippen LogP contribution in [0.2, 0.25) is 0 Å². The summed E-state index contributed by atoms with van der Waals surface area (Å²) in [5, 5.41) is 1.81. The zero-order valence-corrected chi connectivity index (χ0v) is 7.01. The Hall–Kier alpha value is -0.120. The van der Waals surface area contributed by atoms with Gasteiger partial charge in [-0.25, -0.2) is 4.59 Å². The fourth-order valence-electron chi connectivity index (χ4n) is 0.360. The molecule has 56 valence electrons. The highest BCUT2D eigenvalue weighted by Crippen LogP contribution is 1.96. The van der Waals surface area contributed by atoms with Gasteiger partial charge in [-0.2, -0.15) is 0 Å². The van der Waals surface area contributed by atoms with Gasteiger partial charge in [0.2, 0.25) is 0 Å². The van der Waals surface area contributed by atoms with Crippen LogP contribution < -0.4 is 0 Å². The number of rotatable bonds is 3. The topological polar surface area (TPSA) is 12.5 Å². The van der Waals surface area contributed by atoms with Crippen LogP contribution in [0, 0.1) is 0 Å². The Labute approximate surface area is 57.3 Å². The molecule has 0 radical (unpaired) electrons. The highest BCUT2D eigenvalue weighted by atomic mass is 16.7. The van der Waals surface area contributed by atoms with Crippen LogP contribution in [0.25, 0.3) is 0 Å². The van der Waals surface area contributed by atoms with Crippen molar-refractivity contribution in [2.45, 2.75) is 6.92 Å². The van der Waals surface area contributed by atoms with E-state index in [2.05, 4.69) is 21.1 Å². The Balaban J connectivity index is 3.59. The number of hydroxylamine groups is 1. The molecular weight excluding hydrogens is 116 g/mol. The standard InChI is InChI=1S/C6H17N2O/c1-6-9-7(2)8(3,4)5/h6H2,1-5H3/q+1. The molecule has 0 bridgehead atoms. The summed E-state index contributed by atoms with van der Waals surface area (Å²) >= 11 is 0. The average Bonchev–Trinajstić information content (AvgIpc) is 1.64. The van der Waals surface area contributed by atoms with Crippen LogP contribution in [0.15, 0.2) is 0 Å². The summed E-state index contributed by atoms with van der Waals surface area (Å²) in [5.74, 6) is 0. The summed E-state index contributed by atoms with van der Waals surface area (Å²) in [5.41, 5.74) is 0. The Bertz CT molecular complexity index is 77.6. The van der Waals surface area contributed by atoms with Crippen LogP contribution in [0.4, 0.5) is 0 Å². The quantitative estimate of drug-likeness (QED) is 0.410. The number of hydrogen-bond acceptors (Lipinski definition) is 2. The maximum absolute atomic E-state index is 5.21. The highest BCUT2D eigenvalue weighted by molar-refractivity contribution is 4.04. The van der Waals surface area contributed by atoms with Gasteiger partial charge in [-0.15, -0.1) is 0 Å². The zero-order chi connectivity index (χ0) is 7.49. The van der Waals surface area contributed by atoms with Gasteiger partial charge in [0, 0.05) is 0 Å². The maximum atomic E-state index is 5.21. The van der Waals surface area contributed by atoms with Crippen LogP contribution in [-0.2, 0) is 4.84 Å². The van der Waals surface area contributed by atoms with Crippen molar-refractivity contribution in [3.05, 3.63) is 0 Å². The van der Waals surface area contributed by atoms with E-state index >= 15 is 0 Å². The lowest BCUT2D eigenvalue weighted by Crippen LogP contribution is -2.49. The lowest BCUT2D eigenvalue weighted by molar-refractivity contribution is -1.02. The van der Waals surface area contributed by atoms with E-state index in [0.29, 0.717) is 4.59 Å². The molecule has 9 heavy (non-hydrogen) atoms. The van der Waals surface area contributed by atoms with Crippen LogP contribution in [0.1, 0.15) is 6.92 Å². The highest BCUT2D eigenvalue weighted by Gasteiger charge is 2.14. The van der Waals surface area contributed by atoms with Gasteiger partial charge in [0.05, 0.1) is 34.8 Å². The molecule has 0 heterocycles. The summed E-state index contributed by atoms with van der Waals surface area (Å²) in [6, 6.07) is 0. The van der Waals surface area contributed by atoms with Gasteiger partial charge < -0.3 is 0 Å². The van der Waals surface area contributed by atoms with E-state index in [-0.39, 0.29) is 0 Å². The molecule has 0 atom stereocenters. The van der Waals surface area contributed by atoms with Gasteiger partial charge >= 0.3 is 0 Å². The normalized spacial score (nSPS) is 12.7. The Morgan fingerprint density at radius 2 is 1.78 bits per heavy atom. The molecule has 0 spiro atoms. The third-order valence-corrected chi connectivity index (χ3v) is 1.16. The molecule has 0 N–H and O–H groups in total. The van der Waals surface area contributed by atoms with E-state index in [0.717, 1.165) is 6.61 Å². The third-order valence-electron chi connectivity index (χ3n) is 1.16. The molecule has 0 aromatic heterocycles. The molecular formula is C6H17N2O+. The maximum Gasteiger partial charge on any atom is 0.0875 e. The molecule has 3 heteroatoms. The third kappa shape index (κ3) is 3.46. The van der Waals surface area contributed by atoms with Crippen molar-refractivity contribution in [1.29, 1.82) is 0 Å². The van der Waals surface area contributed by atoms with Gasteiger partial charge in [-0.05, 0) is 12.1 Å². The average molecular weight is 133 g/mol. The van der Waals surface area contributed by atoms with Crippen molar-refractivity contribution in [2.24, 2.45) is 0 Å². The predicted octanol–water partition coefficient (Wildman–Crippen LogP) is 0.491. The van der Waals surface area contributed by atoms with Gasteiger partial charge in [0.15, 0.2) is 0 Å². The van der Waals surface area contributed by atoms with Crippen molar-refractivity contribution in [2.75, 3.05) is 34.8 Å². The monoisotopic (exact) mass is 133 g/mol. The molecule has 0 aromatic rings. The molecule has 0 aliphatic carbocycles. The minimum atomic E-state index is 0.702. The minimum absolute atomic E-state index is 0.702. The van der Waals surface area contributed by atoms with Crippen LogP contribution in [0.5, 0.6) is 0 Å². The lowest BCUT2D eigenvalue weighted by atomic mass is 10.9. The van der Waals surface area contributed by atoms with E-state index < -0.39 is 0 Å². The first kappa shape index (κ1) is 8.88. The van der Waals surface area contributed by atoms with E-state index in [9.17, 15) is 0 Å². The summed E-state index contributed by atoms with van der Waals surface area (Å²) in [4.78, 5) is 5.21. The molecule has 0 saturated heterocycles. The van der Waals surface area contributed by atoms with E-state index in [1.807, 2.05) is 14.0 Å². The molecule has 0 fully saturated rings. The van der Waals surface area contributed by atoms with E-state index in [1.54, 1.807) is 5.17 Å². The van der Waals surface area contributed by atoms with Crippen LogP contribution >= 0.6 is 0 Å². The largest absolute Gasteiger partial charge is 0.254 e. The molecule has 0 rings (SSSR count). The van der Waals surface area contributed by atoms with Crippen LogP contribution in [-0.4, -0.2) is 44.6 Å². The second-order valence-corrected chi connectivity index (χ2v) is 2.82. The minimum Gasteiger partial charge on any atom is -0.254 e. The van der Waals surface area contributed by atoms with Gasteiger partial charge in [-0.3, -0.25) is 4.84 Å². The molecule has 0 aliphatic heterocycles. The number of nitrogens with zero attached hydrogens (tertiary/aromatic N) is 2. The number of quaternary nitrogens is 1. The molecule has 0 unspecified atom stereocenters. The Morgan fingerprint density at radius 3 is 1.89 bits per heavy atom. The fraction of sp³-hybridized carbons (Fsp3) is 1.00. The number of hydrogen-bond donors (Lipinski definition) is 0. The summed E-state index contributed by atoms with van der Waals surface area (Å²) < 4.78 is 0.702. The molecule has 0 aliphatic rings. The molecule has 0 amide bonds. The summed E-state index contributed by atoms with van der Waals surface area (Å²) in [6.07, 6.45) is 0. The SMILES string of the molecule is CCON(C)[N+](C)(C)C. The Morgan fingerprint density at radius 1 is 1.33 bits per heavy atom. The molecule has 0 aromatic carbocycles.